The molecule has 0 spiro atoms. The van der Waals surface area contributed by atoms with E-state index < -0.39 is 16.0 Å². The molecule has 2 aromatic carbocycles. The first-order valence-electron chi connectivity index (χ1n) is 14.7. The normalized spacial score (nSPS) is 16.8. The Labute approximate surface area is 268 Å². The van der Waals surface area contributed by atoms with Gasteiger partial charge in [0.15, 0.2) is 5.82 Å². The molecule has 3 N–H and O–H groups in total. The zero-order chi connectivity index (χ0) is 32.1. The summed E-state index contributed by atoms with van der Waals surface area (Å²) in [6, 6.07) is 13.5. The summed E-state index contributed by atoms with van der Waals surface area (Å²) in [5.41, 5.74) is 2.71. The highest BCUT2D eigenvalue weighted by Crippen LogP contribution is 2.35. The highest BCUT2D eigenvalue weighted by molar-refractivity contribution is 7.92. The van der Waals surface area contributed by atoms with Gasteiger partial charge in [0.25, 0.3) is 0 Å². The number of methoxy groups -OCH3 is 1. The highest BCUT2D eigenvalue weighted by atomic mass is 35.5. The molecule has 1 aromatic heterocycles. The number of para-hydroxylation sites is 2. The van der Waals surface area contributed by atoms with Crippen LogP contribution in [0.1, 0.15) is 12.8 Å². The van der Waals surface area contributed by atoms with E-state index in [1.807, 2.05) is 23.1 Å². The van der Waals surface area contributed by atoms with E-state index in [0.717, 1.165) is 64.1 Å². The minimum absolute atomic E-state index is 0.112. The van der Waals surface area contributed by atoms with E-state index in [1.54, 1.807) is 31.4 Å². The molecule has 0 amide bonds. The summed E-state index contributed by atoms with van der Waals surface area (Å²) < 4.78 is 31.2. The van der Waals surface area contributed by atoms with Crippen LogP contribution in [0.15, 0.2) is 48.7 Å². The van der Waals surface area contributed by atoms with Crippen LogP contribution in [0.4, 0.5) is 34.5 Å². The number of nitrogens with zero attached hydrogens (tertiary/aromatic N) is 6. The third-order valence-corrected chi connectivity index (χ3v) is 9.75. The maximum absolute atomic E-state index is 12.2. The molecule has 2 fully saturated rings. The Morgan fingerprint density at radius 2 is 1.78 bits per heavy atom. The molecule has 2 saturated heterocycles. The number of sulfonamides is 1. The molecule has 0 radical (unpaired) electrons. The number of halogens is 1. The van der Waals surface area contributed by atoms with Gasteiger partial charge in [-0.15, -0.1) is 0 Å². The first kappa shape index (κ1) is 32.5. The molecule has 2 aliphatic heterocycles. The lowest BCUT2D eigenvalue weighted by atomic mass is 10.0. The van der Waals surface area contributed by atoms with Gasteiger partial charge in [-0.25, -0.2) is 13.4 Å². The predicted octanol–water partition coefficient (Wildman–Crippen LogP) is 3.69. The molecule has 2 aliphatic rings. The van der Waals surface area contributed by atoms with Crippen LogP contribution in [-0.4, -0.2) is 112 Å². The van der Waals surface area contributed by atoms with Gasteiger partial charge < -0.3 is 25.4 Å². The van der Waals surface area contributed by atoms with Crippen molar-refractivity contribution in [1.29, 1.82) is 0 Å². The predicted molar refractivity (Wildman–Crippen MR) is 177 cm³/mol. The summed E-state index contributed by atoms with van der Waals surface area (Å²) in [6.45, 7) is 5.34. The summed E-state index contributed by atoms with van der Waals surface area (Å²) in [6.07, 6.45) is 4.69. The van der Waals surface area contributed by atoms with Crippen LogP contribution in [0, 0.1) is 0 Å². The number of carbonyl (C=O) groups is 1. The van der Waals surface area contributed by atoms with Gasteiger partial charge in [-0.05, 0) is 37.1 Å². The van der Waals surface area contributed by atoms with Gasteiger partial charge in [-0.3, -0.25) is 18.9 Å². The molecule has 0 atom stereocenters. The maximum atomic E-state index is 12.2. The van der Waals surface area contributed by atoms with Gasteiger partial charge in [0, 0.05) is 64.1 Å². The molecule has 0 unspecified atom stereocenters. The van der Waals surface area contributed by atoms with Crippen LogP contribution in [0.5, 0.6) is 5.75 Å². The Bertz CT molecular complexity index is 1610. The summed E-state index contributed by atoms with van der Waals surface area (Å²) in [5.74, 6) is 0.461. The standard InChI is InChI=1S/C30H39ClN8O5S/c1-36(45(3,42)43)26-7-5-4-6-24(26)33-29-23(31)19-32-30(35-29)34-25-9-8-22(18-27(25)44-2)38-12-10-21(11-13-38)39-16-14-37(15-17-39)20-28(40)41/h4-9,18-19,21H,10-17,20H2,1-3H3,(H,40,41)(H2,32,33,34,35). The fraction of sp³-hybridized carbons (Fsp3) is 0.433. The molecule has 242 valence electrons. The van der Waals surface area contributed by atoms with Crippen LogP contribution in [0.3, 0.4) is 0 Å². The number of rotatable bonds is 11. The fourth-order valence-corrected chi connectivity index (χ4v) is 6.40. The van der Waals surface area contributed by atoms with E-state index in [4.69, 9.17) is 21.4 Å². The van der Waals surface area contributed by atoms with Crippen molar-refractivity contribution in [3.63, 3.8) is 0 Å². The zero-order valence-electron chi connectivity index (χ0n) is 25.6. The van der Waals surface area contributed by atoms with Crippen molar-refractivity contribution in [2.45, 2.75) is 18.9 Å². The van der Waals surface area contributed by atoms with Gasteiger partial charge in [-0.1, -0.05) is 23.7 Å². The Morgan fingerprint density at radius 3 is 2.44 bits per heavy atom. The summed E-state index contributed by atoms with van der Waals surface area (Å²) >= 11 is 6.42. The van der Waals surface area contributed by atoms with E-state index in [9.17, 15) is 13.2 Å². The van der Waals surface area contributed by atoms with Crippen molar-refractivity contribution in [3.05, 3.63) is 53.7 Å². The minimum atomic E-state index is -3.48. The number of ether oxygens (including phenoxy) is 1. The average Bonchev–Trinajstić information content (AvgIpc) is 3.02. The molecular formula is C30H39ClN8O5S. The Balaban J connectivity index is 1.23. The largest absolute Gasteiger partial charge is 0.494 e. The van der Waals surface area contributed by atoms with Gasteiger partial charge >= 0.3 is 5.97 Å². The first-order chi connectivity index (χ1) is 21.5. The number of carboxylic acid groups (broad SMARTS) is 1. The Kier molecular flexibility index (Phi) is 10.2. The van der Waals surface area contributed by atoms with E-state index >= 15 is 0 Å². The highest BCUT2D eigenvalue weighted by Gasteiger charge is 2.28. The van der Waals surface area contributed by atoms with E-state index in [1.165, 1.54) is 17.5 Å². The third-order valence-electron chi connectivity index (χ3n) is 8.28. The topological polar surface area (TPSA) is 143 Å². The number of benzene rings is 2. The number of anilines is 6. The Morgan fingerprint density at radius 1 is 1.07 bits per heavy atom. The second-order valence-corrected chi connectivity index (χ2v) is 13.6. The molecule has 0 saturated carbocycles. The summed E-state index contributed by atoms with van der Waals surface area (Å²) in [5, 5.41) is 15.7. The minimum Gasteiger partial charge on any atom is -0.494 e. The quantitative estimate of drug-likeness (QED) is 0.276. The summed E-state index contributed by atoms with van der Waals surface area (Å²) in [4.78, 5) is 26.8. The number of nitrogens with one attached hydrogen (secondary N) is 2. The van der Waals surface area contributed by atoms with Crippen LogP contribution in [-0.2, 0) is 14.8 Å². The van der Waals surface area contributed by atoms with Crippen molar-refractivity contribution in [3.8, 4) is 5.75 Å². The number of carboxylic acids is 1. The van der Waals surface area contributed by atoms with Gasteiger partial charge in [0.2, 0.25) is 16.0 Å². The molecule has 0 bridgehead atoms. The lowest BCUT2D eigenvalue weighted by Crippen LogP contribution is -2.53. The second-order valence-electron chi connectivity index (χ2n) is 11.2. The zero-order valence-corrected chi connectivity index (χ0v) is 27.2. The van der Waals surface area contributed by atoms with Crippen molar-refractivity contribution in [2.75, 3.05) is 86.1 Å². The number of aromatic nitrogens is 2. The fourth-order valence-electron chi connectivity index (χ4n) is 5.74. The van der Waals surface area contributed by atoms with Crippen molar-refractivity contribution in [1.82, 2.24) is 19.8 Å². The van der Waals surface area contributed by atoms with Gasteiger partial charge in [-0.2, -0.15) is 4.98 Å². The molecule has 15 heteroatoms. The van der Waals surface area contributed by atoms with Gasteiger partial charge in [0.1, 0.15) is 10.8 Å². The molecule has 3 heterocycles. The van der Waals surface area contributed by atoms with Crippen molar-refractivity contribution >= 4 is 62.1 Å². The molecule has 13 nitrogen and oxygen atoms in total. The lowest BCUT2D eigenvalue weighted by molar-refractivity contribution is -0.138. The van der Waals surface area contributed by atoms with E-state index in [-0.39, 0.29) is 17.5 Å². The number of hydrogen-bond donors (Lipinski definition) is 3. The van der Waals surface area contributed by atoms with E-state index in [0.29, 0.717) is 34.7 Å². The van der Waals surface area contributed by atoms with Crippen LogP contribution in [0.25, 0.3) is 0 Å². The average molecular weight is 659 g/mol. The molecule has 0 aliphatic carbocycles. The number of piperazine rings is 1. The van der Waals surface area contributed by atoms with Crippen LogP contribution < -0.4 is 24.6 Å². The third kappa shape index (κ3) is 8.06. The van der Waals surface area contributed by atoms with Crippen LogP contribution in [0.2, 0.25) is 5.02 Å². The number of aliphatic carboxylic acids is 1. The summed E-state index contributed by atoms with van der Waals surface area (Å²) in [7, 11) is -0.386. The SMILES string of the molecule is COc1cc(N2CCC(N3CCN(CC(=O)O)CC3)CC2)ccc1Nc1ncc(Cl)c(Nc2ccccc2N(C)S(C)(=O)=O)n1. The number of piperidine rings is 1. The molecular weight excluding hydrogens is 620 g/mol. The molecule has 45 heavy (non-hydrogen) atoms. The molecule has 5 rings (SSSR count). The lowest BCUT2D eigenvalue weighted by Gasteiger charge is -2.43. The van der Waals surface area contributed by atoms with Crippen LogP contribution >= 0.6 is 11.6 Å². The smallest absolute Gasteiger partial charge is 0.317 e. The number of hydrogen-bond acceptors (Lipinski definition) is 11. The second kappa shape index (κ2) is 14.1. The van der Waals surface area contributed by atoms with Gasteiger partial charge in [0.05, 0.1) is 43.2 Å². The van der Waals surface area contributed by atoms with Crippen molar-refractivity contribution < 1.29 is 23.1 Å². The maximum Gasteiger partial charge on any atom is 0.317 e. The van der Waals surface area contributed by atoms with Crippen molar-refractivity contribution in [2.24, 2.45) is 0 Å². The molecule has 3 aromatic rings. The van der Waals surface area contributed by atoms with E-state index in [2.05, 4.69) is 30.4 Å². The Hall–Kier alpha value is -3.85. The monoisotopic (exact) mass is 658 g/mol. The first-order valence-corrected chi connectivity index (χ1v) is 16.9.